The van der Waals surface area contributed by atoms with Gasteiger partial charge < -0.3 is 0 Å². The number of hydrazone groups is 1. The average molecular weight is 484 g/mol. The van der Waals surface area contributed by atoms with Crippen LogP contribution in [0, 0.1) is 13.8 Å². The van der Waals surface area contributed by atoms with E-state index in [9.17, 15) is 16.8 Å². The Morgan fingerprint density at radius 1 is 0.879 bits per heavy atom. The van der Waals surface area contributed by atoms with Crippen LogP contribution in [0.3, 0.4) is 0 Å². The molecule has 7 nitrogen and oxygen atoms in total. The second-order valence-electron chi connectivity index (χ2n) is 8.17. The van der Waals surface area contributed by atoms with Crippen molar-refractivity contribution in [2.24, 2.45) is 5.10 Å². The molecule has 1 aliphatic heterocycles. The van der Waals surface area contributed by atoms with Gasteiger partial charge in [-0.1, -0.05) is 54.1 Å². The fourth-order valence-corrected chi connectivity index (χ4v) is 5.83. The minimum absolute atomic E-state index is 0.185. The van der Waals surface area contributed by atoms with Gasteiger partial charge in [0.25, 0.3) is 10.0 Å². The predicted octanol–water partition coefficient (Wildman–Crippen LogP) is 4.21. The Morgan fingerprint density at radius 3 is 2.12 bits per heavy atom. The number of hydrogen-bond acceptors (Lipinski definition) is 5. The molecule has 0 spiro atoms. The molecular formula is C24H25N3O4S2. The second kappa shape index (κ2) is 8.64. The lowest BCUT2D eigenvalue weighted by Gasteiger charge is -2.24. The summed E-state index contributed by atoms with van der Waals surface area (Å²) >= 11 is 0. The molecule has 1 heterocycles. The van der Waals surface area contributed by atoms with Gasteiger partial charge in [0.2, 0.25) is 10.0 Å². The van der Waals surface area contributed by atoms with E-state index in [-0.39, 0.29) is 4.90 Å². The highest BCUT2D eigenvalue weighted by molar-refractivity contribution is 7.92. The summed E-state index contributed by atoms with van der Waals surface area (Å²) in [5.74, 6) is 0. The molecule has 0 bridgehead atoms. The number of hydrogen-bond donors (Lipinski definition) is 1. The zero-order chi connectivity index (χ0) is 23.8. The van der Waals surface area contributed by atoms with Crippen LogP contribution in [-0.4, -0.2) is 33.2 Å². The summed E-state index contributed by atoms with van der Waals surface area (Å²) in [5, 5.41) is 4.56. The smallest absolute Gasteiger partial charge is 0.279 e. The highest BCUT2D eigenvalue weighted by Crippen LogP contribution is 2.38. The molecular weight excluding hydrogens is 458 g/mol. The molecule has 0 saturated carbocycles. The predicted molar refractivity (Wildman–Crippen MR) is 130 cm³/mol. The molecule has 4 rings (SSSR count). The maximum Gasteiger partial charge on any atom is 0.279 e. The zero-order valence-electron chi connectivity index (χ0n) is 18.6. The van der Waals surface area contributed by atoms with Crippen molar-refractivity contribution in [1.29, 1.82) is 0 Å². The van der Waals surface area contributed by atoms with Crippen LogP contribution in [0.15, 0.2) is 82.8 Å². The van der Waals surface area contributed by atoms with Crippen molar-refractivity contribution in [3.8, 4) is 0 Å². The van der Waals surface area contributed by atoms with Crippen LogP contribution in [-0.2, 0) is 20.0 Å². The Kier molecular flexibility index (Phi) is 6.02. The molecule has 0 saturated heterocycles. The van der Waals surface area contributed by atoms with E-state index in [2.05, 4.69) is 9.82 Å². The highest BCUT2D eigenvalue weighted by atomic mass is 32.2. The first-order valence-electron chi connectivity index (χ1n) is 10.4. The Labute approximate surface area is 194 Å². The van der Waals surface area contributed by atoms with E-state index in [1.165, 1.54) is 4.41 Å². The van der Waals surface area contributed by atoms with Gasteiger partial charge in [0, 0.05) is 12.1 Å². The Hall–Kier alpha value is -3.17. The lowest BCUT2D eigenvalue weighted by atomic mass is 9.96. The molecule has 3 aromatic carbocycles. The van der Waals surface area contributed by atoms with E-state index in [4.69, 9.17) is 0 Å². The number of aryl methyl sites for hydroxylation is 2. The molecule has 9 heteroatoms. The van der Waals surface area contributed by atoms with Gasteiger partial charge in [-0.2, -0.15) is 17.9 Å². The van der Waals surface area contributed by atoms with Crippen molar-refractivity contribution in [2.75, 3.05) is 11.0 Å². The van der Waals surface area contributed by atoms with E-state index in [0.717, 1.165) is 28.5 Å². The van der Waals surface area contributed by atoms with E-state index in [0.29, 0.717) is 17.8 Å². The summed E-state index contributed by atoms with van der Waals surface area (Å²) in [4.78, 5) is 0.185. The number of nitrogens with zero attached hydrogens (tertiary/aromatic N) is 2. The molecule has 0 amide bonds. The molecule has 3 aromatic rings. The van der Waals surface area contributed by atoms with Gasteiger partial charge in [-0.25, -0.2) is 8.42 Å². The van der Waals surface area contributed by atoms with Crippen LogP contribution in [0.2, 0.25) is 0 Å². The molecule has 0 aromatic heterocycles. The average Bonchev–Trinajstić information content (AvgIpc) is 3.20. The van der Waals surface area contributed by atoms with E-state index in [1.54, 1.807) is 48.5 Å². The van der Waals surface area contributed by atoms with Crippen molar-refractivity contribution in [1.82, 2.24) is 4.41 Å². The molecule has 172 valence electrons. The molecule has 1 N–H and O–H groups in total. The first kappa shape index (κ1) is 23.0. The molecule has 0 unspecified atom stereocenters. The zero-order valence-corrected chi connectivity index (χ0v) is 20.2. The minimum Gasteiger partial charge on any atom is -0.284 e. The quantitative estimate of drug-likeness (QED) is 0.568. The number of sulfonamides is 2. The van der Waals surface area contributed by atoms with Crippen molar-refractivity contribution in [2.45, 2.75) is 31.2 Å². The third-order valence-corrected chi connectivity index (χ3v) is 7.81. The van der Waals surface area contributed by atoms with Gasteiger partial charge in [0.15, 0.2) is 0 Å². The van der Waals surface area contributed by atoms with Gasteiger partial charge in [-0.3, -0.25) is 4.72 Å². The number of benzene rings is 3. The van der Waals surface area contributed by atoms with Crippen molar-refractivity contribution in [3.05, 3.63) is 95.1 Å². The standard InChI is InChI=1S/C24H25N3O4S2/c1-17-8-14-21(15-9-17)33(30,31)27-24(22-7-5-4-6-18(22)2)16-23(25-27)19-10-12-20(13-11-19)26-32(3,28)29/h4-15,24,26H,16H2,1-3H3/t24-/m0/s1. The normalized spacial score (nSPS) is 16.5. The van der Waals surface area contributed by atoms with Crippen LogP contribution in [0.25, 0.3) is 0 Å². The van der Waals surface area contributed by atoms with Crippen molar-refractivity contribution in [3.63, 3.8) is 0 Å². The Bertz CT molecular complexity index is 1410. The van der Waals surface area contributed by atoms with Crippen LogP contribution in [0.1, 0.15) is 34.7 Å². The summed E-state index contributed by atoms with van der Waals surface area (Å²) in [6.45, 7) is 3.86. The summed E-state index contributed by atoms with van der Waals surface area (Å²) in [6, 6.07) is 20.7. The van der Waals surface area contributed by atoms with Crippen LogP contribution in [0.4, 0.5) is 5.69 Å². The van der Waals surface area contributed by atoms with E-state index >= 15 is 0 Å². The van der Waals surface area contributed by atoms with E-state index in [1.807, 2.05) is 38.1 Å². The number of anilines is 1. The minimum atomic E-state index is -3.89. The van der Waals surface area contributed by atoms with Gasteiger partial charge in [0.1, 0.15) is 0 Å². The summed E-state index contributed by atoms with van der Waals surface area (Å²) < 4.78 is 53.7. The van der Waals surface area contributed by atoms with Crippen molar-refractivity contribution < 1.29 is 16.8 Å². The molecule has 0 fully saturated rings. The van der Waals surface area contributed by atoms with E-state index < -0.39 is 26.1 Å². The monoisotopic (exact) mass is 483 g/mol. The number of rotatable bonds is 6. The first-order chi connectivity index (χ1) is 15.5. The third kappa shape index (κ3) is 4.94. The fraction of sp³-hybridized carbons (Fsp3) is 0.208. The van der Waals surface area contributed by atoms with Gasteiger partial charge in [0.05, 0.1) is 22.9 Å². The molecule has 1 aliphatic rings. The summed E-state index contributed by atoms with van der Waals surface area (Å²) in [5.41, 5.74) is 4.62. The molecule has 0 radical (unpaired) electrons. The van der Waals surface area contributed by atoms with Gasteiger partial charge in [-0.05, 0) is 54.8 Å². The number of nitrogens with one attached hydrogen (secondary N) is 1. The Balaban J connectivity index is 1.75. The maximum atomic E-state index is 13.6. The van der Waals surface area contributed by atoms with Crippen LogP contribution in [0.5, 0.6) is 0 Å². The van der Waals surface area contributed by atoms with Gasteiger partial charge >= 0.3 is 0 Å². The van der Waals surface area contributed by atoms with Crippen LogP contribution < -0.4 is 4.72 Å². The molecule has 0 aliphatic carbocycles. The molecule has 1 atom stereocenters. The molecule has 33 heavy (non-hydrogen) atoms. The maximum absolute atomic E-state index is 13.6. The SMILES string of the molecule is Cc1ccc(S(=O)(=O)N2N=C(c3ccc(NS(C)(=O)=O)cc3)C[C@H]2c2ccccc2C)cc1. The van der Waals surface area contributed by atoms with Crippen LogP contribution >= 0.6 is 0 Å². The lowest BCUT2D eigenvalue weighted by molar-refractivity contribution is 0.370. The summed E-state index contributed by atoms with van der Waals surface area (Å²) in [6.07, 6.45) is 1.48. The largest absolute Gasteiger partial charge is 0.284 e. The fourth-order valence-electron chi connectivity index (χ4n) is 3.84. The topological polar surface area (TPSA) is 95.9 Å². The summed E-state index contributed by atoms with van der Waals surface area (Å²) in [7, 11) is -7.28. The highest BCUT2D eigenvalue weighted by Gasteiger charge is 2.38. The second-order valence-corrected chi connectivity index (χ2v) is 11.7. The van der Waals surface area contributed by atoms with Crippen molar-refractivity contribution >= 4 is 31.4 Å². The lowest BCUT2D eigenvalue weighted by Crippen LogP contribution is -2.27. The van der Waals surface area contributed by atoms with Gasteiger partial charge in [-0.15, -0.1) is 0 Å². The third-order valence-electron chi connectivity index (χ3n) is 5.51. The first-order valence-corrected chi connectivity index (χ1v) is 13.7. The Morgan fingerprint density at radius 2 is 1.52 bits per heavy atom.